The van der Waals surface area contributed by atoms with Crippen molar-refractivity contribution >= 4 is 32.1 Å². The zero-order valence-corrected chi connectivity index (χ0v) is 39.1. The smallest absolute Gasteiger partial charge is 0.201 e. The summed E-state index contributed by atoms with van der Waals surface area (Å²) in [6.07, 6.45) is 17.9. The molecule has 1 aliphatic carbocycles. The lowest BCUT2D eigenvalue weighted by Crippen LogP contribution is -2.25. The van der Waals surface area contributed by atoms with Crippen LogP contribution in [0.1, 0.15) is 125 Å². The van der Waals surface area contributed by atoms with Gasteiger partial charge in [-0.3, -0.25) is 0 Å². The number of hydrogen-bond donors (Lipinski definition) is 0. The highest BCUT2D eigenvalue weighted by atomic mass is 32.1. The Bertz CT molecular complexity index is 2700. The summed E-state index contributed by atoms with van der Waals surface area (Å²) in [5.41, 5.74) is 11.8. The van der Waals surface area contributed by atoms with E-state index in [0.717, 1.165) is 33.0 Å². The van der Waals surface area contributed by atoms with Gasteiger partial charge in [0.25, 0.3) is 0 Å². The van der Waals surface area contributed by atoms with Crippen molar-refractivity contribution in [2.75, 3.05) is 0 Å². The highest BCUT2D eigenvalue weighted by Gasteiger charge is 2.42. The van der Waals surface area contributed by atoms with E-state index in [2.05, 4.69) is 82.3 Å². The third-order valence-corrected chi connectivity index (χ3v) is 15.2. The maximum absolute atomic E-state index is 5.41. The molecule has 0 N–H and O–H groups in total. The van der Waals surface area contributed by atoms with Crippen molar-refractivity contribution in [1.29, 1.82) is 0 Å². The molecule has 320 valence electrons. The first-order chi connectivity index (χ1) is 30.9. The van der Waals surface area contributed by atoms with Gasteiger partial charge in [-0.1, -0.05) is 187 Å². The Morgan fingerprint density at radius 1 is 0.429 bits per heavy atom. The van der Waals surface area contributed by atoms with Crippen molar-refractivity contribution in [3.05, 3.63) is 137 Å². The molecule has 0 atom stereocenters. The van der Waals surface area contributed by atoms with Crippen LogP contribution in [0.15, 0.2) is 115 Å². The maximum Gasteiger partial charge on any atom is 0.201 e. The summed E-state index contributed by atoms with van der Waals surface area (Å²) in [7, 11) is 0. The SMILES string of the molecule is CCCCCCCCC1(CCCCCCCC)c2cc(C)ccc2-c2ccc(-c3cc(-c4cc5sc(C)cc5s4)nc(-c4nc(-c5ccccc5)nc(-c5ccccc5)n4)n3)cc21. The molecule has 0 aliphatic heterocycles. The fourth-order valence-corrected chi connectivity index (χ4v) is 11.9. The first kappa shape index (κ1) is 42.9. The lowest BCUT2D eigenvalue weighted by molar-refractivity contribution is 0.398. The molecule has 1 aliphatic rings. The minimum Gasteiger partial charge on any atom is -0.225 e. The van der Waals surface area contributed by atoms with Crippen molar-refractivity contribution in [1.82, 2.24) is 24.9 Å². The second-order valence-electron chi connectivity index (χ2n) is 17.6. The van der Waals surface area contributed by atoms with E-state index in [9.17, 15) is 0 Å². The van der Waals surface area contributed by atoms with Crippen LogP contribution >= 0.6 is 22.7 Å². The number of thiophene rings is 2. The molecule has 7 heteroatoms. The molecule has 0 unspecified atom stereocenters. The molecule has 0 amide bonds. The van der Waals surface area contributed by atoms with E-state index in [1.165, 1.54) is 132 Å². The van der Waals surface area contributed by atoms with Crippen molar-refractivity contribution in [3.8, 4) is 67.4 Å². The highest BCUT2D eigenvalue weighted by Crippen LogP contribution is 2.55. The quantitative estimate of drug-likeness (QED) is 0.0758. The molecule has 0 saturated carbocycles. The van der Waals surface area contributed by atoms with Crippen LogP contribution < -0.4 is 0 Å². The van der Waals surface area contributed by atoms with Crippen molar-refractivity contribution < 1.29 is 0 Å². The van der Waals surface area contributed by atoms with Gasteiger partial charge in [0.15, 0.2) is 17.5 Å². The van der Waals surface area contributed by atoms with E-state index >= 15 is 0 Å². The third kappa shape index (κ3) is 9.32. The van der Waals surface area contributed by atoms with Crippen LogP contribution in [-0.4, -0.2) is 24.9 Å². The molecule has 0 radical (unpaired) electrons. The third-order valence-electron chi connectivity index (χ3n) is 12.9. The van der Waals surface area contributed by atoms with E-state index in [1.54, 1.807) is 11.3 Å². The molecule has 0 spiro atoms. The summed E-state index contributed by atoms with van der Waals surface area (Å²) in [6, 6.07) is 41.5. The average molecular weight is 866 g/mol. The standard InChI is InChI=1S/C56H59N5S2/c1-5-7-9-11-13-21-31-56(32-22-14-12-10-8-6-2)45-33-38(3)27-29-43(45)44-30-28-42(35-46(44)56)47-36-48(49-37-51-50(63-49)34-39(4)62-51)58-54(57-47)55-60-52(40-23-17-15-18-24-40)59-53(61-55)41-25-19-16-20-26-41/h15-20,23-30,33-37H,5-14,21-22,31-32H2,1-4H3. The molecule has 4 aromatic heterocycles. The molecular weight excluding hydrogens is 807 g/mol. The van der Waals surface area contributed by atoms with Crippen LogP contribution in [0.3, 0.4) is 0 Å². The van der Waals surface area contributed by atoms with Crippen LogP contribution in [-0.2, 0) is 5.41 Å². The lowest BCUT2D eigenvalue weighted by atomic mass is 9.70. The number of unbranched alkanes of at least 4 members (excludes halogenated alkanes) is 10. The van der Waals surface area contributed by atoms with Crippen LogP contribution in [0.2, 0.25) is 0 Å². The number of benzene rings is 4. The zero-order valence-electron chi connectivity index (χ0n) is 37.4. The summed E-state index contributed by atoms with van der Waals surface area (Å²) in [5.74, 6) is 2.16. The van der Waals surface area contributed by atoms with Crippen LogP contribution in [0.5, 0.6) is 0 Å². The second-order valence-corrected chi connectivity index (χ2v) is 20.0. The molecule has 4 heterocycles. The number of rotatable bonds is 19. The number of aromatic nitrogens is 5. The first-order valence-corrected chi connectivity index (χ1v) is 25.1. The van der Waals surface area contributed by atoms with E-state index in [0.29, 0.717) is 23.3 Å². The van der Waals surface area contributed by atoms with Gasteiger partial charge in [0.2, 0.25) is 5.82 Å². The minimum absolute atomic E-state index is 0.0414. The van der Waals surface area contributed by atoms with Gasteiger partial charge in [-0.25, -0.2) is 24.9 Å². The molecule has 5 nitrogen and oxygen atoms in total. The minimum atomic E-state index is -0.0414. The number of nitrogens with zero attached hydrogens (tertiary/aromatic N) is 5. The first-order valence-electron chi connectivity index (χ1n) is 23.5. The van der Waals surface area contributed by atoms with Gasteiger partial charge in [-0.15, -0.1) is 22.7 Å². The summed E-state index contributed by atoms with van der Waals surface area (Å²) in [4.78, 5) is 28.4. The fraction of sp³-hybridized carbons (Fsp3) is 0.339. The van der Waals surface area contributed by atoms with Gasteiger partial charge in [-0.05, 0) is 73.2 Å². The Morgan fingerprint density at radius 3 is 1.57 bits per heavy atom. The molecule has 63 heavy (non-hydrogen) atoms. The van der Waals surface area contributed by atoms with Crippen LogP contribution in [0, 0.1) is 13.8 Å². The topological polar surface area (TPSA) is 64.5 Å². The Labute approximate surface area is 382 Å². The van der Waals surface area contributed by atoms with E-state index < -0.39 is 0 Å². The van der Waals surface area contributed by atoms with Crippen molar-refractivity contribution in [2.45, 2.75) is 123 Å². The normalized spacial score (nSPS) is 12.8. The van der Waals surface area contributed by atoms with Gasteiger partial charge in [0.05, 0.1) is 16.3 Å². The van der Waals surface area contributed by atoms with Crippen molar-refractivity contribution in [2.24, 2.45) is 0 Å². The van der Waals surface area contributed by atoms with Gasteiger partial charge in [0.1, 0.15) is 0 Å². The monoisotopic (exact) mass is 865 g/mol. The average Bonchev–Trinajstić information content (AvgIpc) is 3.96. The molecule has 0 saturated heterocycles. The largest absolute Gasteiger partial charge is 0.225 e. The van der Waals surface area contributed by atoms with Crippen molar-refractivity contribution in [3.63, 3.8) is 0 Å². The molecule has 9 rings (SSSR count). The van der Waals surface area contributed by atoms with Gasteiger partial charge in [-0.2, -0.15) is 0 Å². The number of hydrogen-bond acceptors (Lipinski definition) is 7. The summed E-state index contributed by atoms with van der Waals surface area (Å²) < 4.78 is 2.57. The predicted octanol–water partition coefficient (Wildman–Crippen LogP) is 16.7. The zero-order chi connectivity index (χ0) is 43.2. The van der Waals surface area contributed by atoms with Gasteiger partial charge < -0.3 is 0 Å². The summed E-state index contributed by atoms with van der Waals surface area (Å²) >= 11 is 3.62. The highest BCUT2D eigenvalue weighted by molar-refractivity contribution is 7.29. The number of fused-ring (bicyclic) bond motifs is 4. The van der Waals surface area contributed by atoms with E-state index in [4.69, 9.17) is 24.9 Å². The van der Waals surface area contributed by atoms with Crippen LogP contribution in [0.4, 0.5) is 0 Å². The van der Waals surface area contributed by atoms with E-state index in [-0.39, 0.29) is 5.41 Å². The Hall–Kier alpha value is -5.37. The van der Waals surface area contributed by atoms with E-state index in [1.807, 2.05) is 72.0 Å². The maximum atomic E-state index is 5.41. The fourth-order valence-electron chi connectivity index (χ4n) is 9.66. The summed E-state index contributed by atoms with van der Waals surface area (Å²) in [5, 5.41) is 0. The summed E-state index contributed by atoms with van der Waals surface area (Å²) in [6.45, 7) is 9.06. The Morgan fingerprint density at radius 2 is 0.952 bits per heavy atom. The van der Waals surface area contributed by atoms with Crippen LogP contribution in [0.25, 0.3) is 76.8 Å². The van der Waals surface area contributed by atoms with Gasteiger partial charge >= 0.3 is 0 Å². The van der Waals surface area contributed by atoms with Gasteiger partial charge in [0, 0.05) is 36.4 Å². The lowest BCUT2D eigenvalue weighted by Gasteiger charge is -2.33. The predicted molar refractivity (Wildman–Crippen MR) is 268 cm³/mol. The molecule has 4 aromatic carbocycles. The molecular formula is C56H59N5S2. The second kappa shape index (κ2) is 19.6. The number of aryl methyl sites for hydroxylation is 2. The molecule has 0 fully saturated rings. The Kier molecular flexibility index (Phi) is 13.3. The molecule has 8 aromatic rings. The molecule has 0 bridgehead atoms. The Balaban J connectivity index is 1.19.